The van der Waals surface area contributed by atoms with Crippen LogP contribution in [0, 0.1) is 50.4 Å². The molecule has 5 atom stereocenters. The number of hydrogen-bond acceptors (Lipinski definition) is 0. The second-order valence-electron chi connectivity index (χ2n) is 9.76. The third-order valence-corrected chi connectivity index (χ3v) is 7.69. The van der Waals surface area contributed by atoms with Crippen molar-refractivity contribution in [3.05, 3.63) is 112 Å². The number of rotatable bonds is 6. The van der Waals surface area contributed by atoms with Gasteiger partial charge in [0, 0.05) is 0 Å². The number of fused-ring (bicyclic) bond motifs is 2. The van der Waals surface area contributed by atoms with Gasteiger partial charge in [-0.25, -0.2) is 0 Å². The van der Waals surface area contributed by atoms with Crippen molar-refractivity contribution in [1.82, 2.24) is 0 Å². The molecule has 5 rings (SSSR count). The molecular weight excluding hydrogens is 546 g/mol. The van der Waals surface area contributed by atoms with Crippen LogP contribution in [0.5, 0.6) is 0 Å². The Labute approximate surface area is 235 Å². The van der Waals surface area contributed by atoms with E-state index in [2.05, 4.69) is 91.6 Å². The van der Waals surface area contributed by atoms with Gasteiger partial charge in [-0.2, -0.15) is 0 Å². The van der Waals surface area contributed by atoms with Gasteiger partial charge in [0.05, 0.1) is 0 Å². The van der Waals surface area contributed by atoms with Crippen LogP contribution >= 0.6 is 17.0 Å². The van der Waals surface area contributed by atoms with Crippen molar-refractivity contribution in [3.8, 4) is 0 Å². The molecule has 35 heavy (non-hydrogen) atoms. The molecule has 4 aliphatic carbocycles. The molecule has 4 aliphatic rings. The zero-order valence-corrected chi connectivity index (χ0v) is 25.6. The van der Waals surface area contributed by atoms with Crippen LogP contribution in [-0.2, 0) is 27.3 Å². The predicted octanol–water partition coefficient (Wildman–Crippen LogP) is 10.4. The summed E-state index contributed by atoms with van der Waals surface area (Å²) in [4.78, 5) is 0. The molecule has 0 aromatic heterocycles. The Morgan fingerprint density at radius 2 is 1.40 bits per heavy atom. The summed E-state index contributed by atoms with van der Waals surface area (Å²) >= 11 is -0.826. The summed E-state index contributed by atoms with van der Waals surface area (Å²) in [6.45, 7) is 3.82. The molecule has 5 unspecified atom stereocenters. The van der Waals surface area contributed by atoms with Crippen LogP contribution in [0.15, 0.2) is 91.6 Å². The molecule has 2 fully saturated rings. The van der Waals surface area contributed by atoms with Crippen LogP contribution in [0.2, 0.25) is 0 Å². The van der Waals surface area contributed by atoms with E-state index in [1.165, 1.54) is 56.9 Å². The fourth-order valence-corrected chi connectivity index (χ4v) is 6.10. The first kappa shape index (κ1) is 32.4. The van der Waals surface area contributed by atoms with Crippen molar-refractivity contribution < 1.29 is 20.8 Å². The molecule has 2 saturated carbocycles. The molecule has 3 heteroatoms. The first-order valence-corrected chi connectivity index (χ1v) is 18.9. The molecular formula is C32H44Cl2Zr. The Balaban J connectivity index is 0.000000316. The number of benzene rings is 1. The first-order valence-electron chi connectivity index (χ1n) is 12.6. The second-order valence-corrected chi connectivity index (χ2v) is 13.5. The third kappa shape index (κ3) is 10.7. The van der Waals surface area contributed by atoms with Gasteiger partial charge in [-0.05, 0) is 86.0 Å². The van der Waals surface area contributed by atoms with E-state index in [1.807, 2.05) is 0 Å². The SMILES string of the molecule is C1=CC2CC(CCCc3ccccc3)CC2C=C1.C=CCC1CCC2C=CC=CC21.[CH3-].[CH3-].[Cl][Zr+2][Cl]. The van der Waals surface area contributed by atoms with Gasteiger partial charge >= 0.3 is 37.9 Å². The number of allylic oxidation sites excluding steroid dienone is 9. The van der Waals surface area contributed by atoms with Crippen LogP contribution in [0.1, 0.15) is 50.5 Å². The third-order valence-electron chi connectivity index (χ3n) is 7.69. The minimum absolute atomic E-state index is 0. The molecule has 0 nitrogen and oxygen atoms in total. The van der Waals surface area contributed by atoms with Crippen LogP contribution in [-0.4, -0.2) is 0 Å². The number of hydrogen-bond donors (Lipinski definition) is 0. The van der Waals surface area contributed by atoms with Crippen LogP contribution < -0.4 is 0 Å². The van der Waals surface area contributed by atoms with Gasteiger partial charge < -0.3 is 14.9 Å². The molecule has 0 heterocycles. The molecule has 0 radical (unpaired) electrons. The maximum absolute atomic E-state index is 4.93. The summed E-state index contributed by atoms with van der Waals surface area (Å²) in [5.74, 6) is 5.16. The van der Waals surface area contributed by atoms with E-state index in [0.717, 1.165) is 35.5 Å². The topological polar surface area (TPSA) is 0 Å². The molecule has 0 aliphatic heterocycles. The van der Waals surface area contributed by atoms with E-state index >= 15 is 0 Å². The van der Waals surface area contributed by atoms with Crippen molar-refractivity contribution in [2.75, 3.05) is 0 Å². The average molecular weight is 591 g/mol. The summed E-state index contributed by atoms with van der Waals surface area (Å²) in [6.07, 6.45) is 31.3. The number of aryl methyl sites for hydroxylation is 1. The standard InChI is InChI=1S/C18H22.C12H16.2CH3.2ClH.Zr/c1-2-7-15(8-3-1)9-6-10-16-13-17-11-4-5-12-18(17)14-16;1-2-5-10-8-9-11-6-3-4-7-12(10)11;;;;;/h1-5,7-8,11-12,16-18H,6,9-10,13-14H2;2-4,6-7,10-12H,1,5,8-9H2;2*1H3;2*1H;/q;;2*-1;;;+4/p-2. The fourth-order valence-electron chi connectivity index (χ4n) is 6.10. The Kier molecular flexibility index (Phi) is 17.2. The molecule has 1 aromatic rings. The summed E-state index contributed by atoms with van der Waals surface area (Å²) in [7, 11) is 9.87. The van der Waals surface area contributed by atoms with E-state index < -0.39 is 20.8 Å². The Bertz CT molecular complexity index is 790. The maximum atomic E-state index is 4.93. The normalized spacial score (nSPS) is 28.5. The van der Waals surface area contributed by atoms with Crippen LogP contribution in [0.3, 0.4) is 0 Å². The Morgan fingerprint density at radius 1 is 0.829 bits per heavy atom. The Morgan fingerprint density at radius 3 is 2.00 bits per heavy atom. The van der Waals surface area contributed by atoms with Crippen molar-refractivity contribution in [1.29, 1.82) is 0 Å². The van der Waals surface area contributed by atoms with E-state index in [4.69, 9.17) is 17.0 Å². The van der Waals surface area contributed by atoms with Crippen molar-refractivity contribution in [3.63, 3.8) is 0 Å². The summed E-state index contributed by atoms with van der Waals surface area (Å²) in [6, 6.07) is 10.9. The molecule has 1 aromatic carbocycles. The minimum atomic E-state index is -0.826. The molecule has 190 valence electrons. The van der Waals surface area contributed by atoms with Gasteiger partial charge in [0.1, 0.15) is 0 Å². The summed E-state index contributed by atoms with van der Waals surface area (Å²) < 4.78 is 0. The summed E-state index contributed by atoms with van der Waals surface area (Å²) in [5.41, 5.74) is 1.49. The predicted molar refractivity (Wildman–Crippen MR) is 155 cm³/mol. The Hall–Kier alpha value is -0.617. The van der Waals surface area contributed by atoms with Crippen molar-refractivity contribution in [2.24, 2.45) is 35.5 Å². The fraction of sp³-hybridized carbons (Fsp3) is 0.438. The van der Waals surface area contributed by atoms with E-state index in [0.29, 0.717) is 0 Å². The van der Waals surface area contributed by atoms with Crippen LogP contribution in [0.25, 0.3) is 0 Å². The first-order chi connectivity index (χ1) is 16.2. The van der Waals surface area contributed by atoms with Gasteiger partial charge in [-0.3, -0.25) is 0 Å². The van der Waals surface area contributed by atoms with Gasteiger partial charge in [0.2, 0.25) is 0 Å². The molecule has 0 saturated heterocycles. The van der Waals surface area contributed by atoms with Crippen molar-refractivity contribution >= 4 is 17.0 Å². The quantitative estimate of drug-likeness (QED) is 0.228. The zero-order chi connectivity index (χ0) is 23.3. The average Bonchev–Trinajstić information content (AvgIpc) is 3.45. The van der Waals surface area contributed by atoms with E-state index in [1.54, 1.807) is 0 Å². The monoisotopic (exact) mass is 588 g/mol. The summed E-state index contributed by atoms with van der Waals surface area (Å²) in [5, 5.41) is 0. The van der Waals surface area contributed by atoms with Gasteiger partial charge in [-0.15, -0.1) is 6.58 Å². The molecule has 0 N–H and O–H groups in total. The zero-order valence-electron chi connectivity index (χ0n) is 21.7. The second kappa shape index (κ2) is 18.6. The van der Waals surface area contributed by atoms with Gasteiger partial charge in [-0.1, -0.05) is 91.4 Å². The molecule has 0 amide bonds. The van der Waals surface area contributed by atoms with Crippen molar-refractivity contribution in [2.45, 2.75) is 51.4 Å². The molecule has 0 bridgehead atoms. The van der Waals surface area contributed by atoms with E-state index in [9.17, 15) is 0 Å². The van der Waals surface area contributed by atoms with Gasteiger partial charge in [0.25, 0.3) is 0 Å². The van der Waals surface area contributed by atoms with Crippen LogP contribution in [0.4, 0.5) is 0 Å². The van der Waals surface area contributed by atoms with Gasteiger partial charge in [0.15, 0.2) is 0 Å². The number of halogens is 2. The van der Waals surface area contributed by atoms with E-state index in [-0.39, 0.29) is 14.9 Å². The molecule has 0 spiro atoms.